The van der Waals surface area contributed by atoms with Crippen molar-refractivity contribution >= 4 is 6.29 Å². The van der Waals surface area contributed by atoms with Crippen molar-refractivity contribution < 1.29 is 22.7 Å². The van der Waals surface area contributed by atoms with Crippen molar-refractivity contribution in [2.75, 3.05) is 6.61 Å². The van der Waals surface area contributed by atoms with Crippen molar-refractivity contribution in [3.8, 4) is 5.75 Å². The van der Waals surface area contributed by atoms with Crippen LogP contribution in [-0.2, 0) is 0 Å². The molecule has 0 aliphatic carbocycles. The molecular weight excluding hydrogens is 197 g/mol. The van der Waals surface area contributed by atoms with Crippen molar-refractivity contribution in [3.05, 3.63) is 29.6 Å². The first-order chi connectivity index (χ1) is 6.65. The summed E-state index contributed by atoms with van der Waals surface area (Å²) >= 11 is 0. The molecule has 0 aliphatic heterocycles. The molecule has 76 valence electrons. The molecule has 0 aromatic heterocycles. The monoisotopic (exact) mass is 204 g/mol. The Morgan fingerprint density at radius 3 is 2.71 bits per heavy atom. The normalized spacial score (nSPS) is 10.3. The average Bonchev–Trinajstić information content (AvgIpc) is 2.15. The van der Waals surface area contributed by atoms with E-state index in [-0.39, 0.29) is 5.56 Å². The Morgan fingerprint density at radius 1 is 1.43 bits per heavy atom. The summed E-state index contributed by atoms with van der Waals surface area (Å²) in [6.07, 6.45) is -2.35. The highest BCUT2D eigenvalue weighted by Crippen LogP contribution is 2.21. The lowest BCUT2D eigenvalue weighted by Crippen LogP contribution is -2.09. The Bertz CT molecular complexity index is 326. The number of hydrogen-bond acceptors (Lipinski definition) is 2. The minimum absolute atomic E-state index is 0.0781. The van der Waals surface area contributed by atoms with Crippen molar-refractivity contribution in [2.45, 2.75) is 6.43 Å². The number of para-hydroxylation sites is 1. The number of carbonyl (C=O) groups excluding carboxylic acids is 1. The van der Waals surface area contributed by atoms with Crippen molar-refractivity contribution in [3.63, 3.8) is 0 Å². The molecule has 1 aromatic carbocycles. The highest BCUT2D eigenvalue weighted by atomic mass is 19.3. The second-order valence-electron chi connectivity index (χ2n) is 2.48. The lowest BCUT2D eigenvalue weighted by atomic mass is 10.2. The van der Waals surface area contributed by atoms with Crippen LogP contribution in [0.25, 0.3) is 0 Å². The Labute approximate surface area is 78.3 Å². The molecule has 0 spiro atoms. The predicted octanol–water partition coefficient (Wildman–Crippen LogP) is 2.28. The number of halogens is 3. The number of rotatable bonds is 4. The predicted molar refractivity (Wildman–Crippen MR) is 43.3 cm³/mol. The van der Waals surface area contributed by atoms with Crippen LogP contribution in [0.15, 0.2) is 18.2 Å². The molecule has 0 unspecified atom stereocenters. The molecule has 0 radical (unpaired) electrons. The van der Waals surface area contributed by atoms with Crippen LogP contribution in [0.1, 0.15) is 10.4 Å². The van der Waals surface area contributed by atoms with E-state index in [2.05, 4.69) is 4.74 Å². The van der Waals surface area contributed by atoms with Crippen LogP contribution in [0.4, 0.5) is 13.2 Å². The van der Waals surface area contributed by atoms with Crippen LogP contribution in [-0.4, -0.2) is 19.3 Å². The van der Waals surface area contributed by atoms with Crippen LogP contribution >= 0.6 is 0 Å². The summed E-state index contributed by atoms with van der Waals surface area (Å²) in [5, 5.41) is 0. The number of carbonyl (C=O) groups is 1. The molecule has 1 rings (SSSR count). The van der Waals surface area contributed by atoms with Crippen LogP contribution in [0.2, 0.25) is 0 Å². The molecule has 2 nitrogen and oxygen atoms in total. The topological polar surface area (TPSA) is 26.3 Å². The quantitative estimate of drug-likeness (QED) is 0.703. The highest BCUT2D eigenvalue weighted by Gasteiger charge is 2.11. The van der Waals surface area contributed by atoms with Gasteiger partial charge in [0.2, 0.25) is 0 Å². The molecule has 0 N–H and O–H groups in total. The molecular formula is C9H7F3O2. The molecule has 0 heterocycles. The van der Waals surface area contributed by atoms with Gasteiger partial charge in [0.25, 0.3) is 6.43 Å². The van der Waals surface area contributed by atoms with Gasteiger partial charge in [0.15, 0.2) is 17.9 Å². The van der Waals surface area contributed by atoms with Gasteiger partial charge >= 0.3 is 0 Å². The summed E-state index contributed by atoms with van der Waals surface area (Å²) in [6, 6.07) is 3.62. The van der Waals surface area contributed by atoms with Gasteiger partial charge in [-0.3, -0.25) is 4.79 Å². The summed E-state index contributed by atoms with van der Waals surface area (Å²) in [7, 11) is 0. The van der Waals surface area contributed by atoms with E-state index in [1.165, 1.54) is 12.1 Å². The van der Waals surface area contributed by atoms with Gasteiger partial charge in [-0.2, -0.15) is 0 Å². The van der Waals surface area contributed by atoms with E-state index >= 15 is 0 Å². The van der Waals surface area contributed by atoms with Gasteiger partial charge in [0.1, 0.15) is 6.61 Å². The maximum atomic E-state index is 13.0. The molecule has 0 atom stereocenters. The largest absolute Gasteiger partial charge is 0.484 e. The van der Waals surface area contributed by atoms with Crippen molar-refractivity contribution in [1.29, 1.82) is 0 Å². The molecule has 0 fully saturated rings. The van der Waals surface area contributed by atoms with E-state index in [4.69, 9.17) is 0 Å². The van der Waals surface area contributed by atoms with Gasteiger partial charge in [-0.15, -0.1) is 0 Å². The summed E-state index contributed by atoms with van der Waals surface area (Å²) in [5.41, 5.74) is -0.0781. The molecule has 0 amide bonds. The van der Waals surface area contributed by atoms with Gasteiger partial charge in [0, 0.05) is 0 Å². The van der Waals surface area contributed by atoms with E-state index < -0.39 is 24.6 Å². The third-order valence-corrected chi connectivity index (χ3v) is 1.48. The van der Waals surface area contributed by atoms with Gasteiger partial charge < -0.3 is 4.74 Å². The van der Waals surface area contributed by atoms with Crippen LogP contribution < -0.4 is 4.74 Å². The molecule has 0 bridgehead atoms. The van der Waals surface area contributed by atoms with E-state index in [0.717, 1.165) is 6.07 Å². The first kappa shape index (κ1) is 10.6. The van der Waals surface area contributed by atoms with Crippen LogP contribution in [0, 0.1) is 5.82 Å². The standard InChI is InChI=1S/C9H7F3O2/c10-7-3-1-2-6(4-13)9(7)14-5-8(11)12/h1-4,8H,5H2. The zero-order valence-corrected chi connectivity index (χ0v) is 7.04. The lowest BCUT2D eigenvalue weighted by Gasteiger charge is -2.07. The van der Waals surface area contributed by atoms with Gasteiger partial charge in [-0.1, -0.05) is 6.07 Å². The minimum atomic E-state index is -2.70. The number of ether oxygens (including phenoxy) is 1. The summed E-state index contributed by atoms with van der Waals surface area (Å²) in [6.45, 7) is -0.929. The smallest absolute Gasteiger partial charge is 0.272 e. The molecule has 0 saturated carbocycles. The van der Waals surface area contributed by atoms with Crippen molar-refractivity contribution in [2.24, 2.45) is 0 Å². The summed E-state index contributed by atoms with van der Waals surface area (Å²) in [5.74, 6) is -1.25. The van der Waals surface area contributed by atoms with Crippen LogP contribution in [0.5, 0.6) is 5.75 Å². The average molecular weight is 204 g/mol. The van der Waals surface area contributed by atoms with Gasteiger partial charge in [-0.05, 0) is 12.1 Å². The first-order valence-corrected chi connectivity index (χ1v) is 3.79. The second-order valence-corrected chi connectivity index (χ2v) is 2.48. The van der Waals surface area contributed by atoms with Crippen molar-refractivity contribution in [1.82, 2.24) is 0 Å². The number of hydrogen-bond donors (Lipinski definition) is 0. The Morgan fingerprint density at radius 2 is 2.14 bits per heavy atom. The maximum absolute atomic E-state index is 13.0. The van der Waals surface area contributed by atoms with E-state index in [1.54, 1.807) is 0 Å². The van der Waals surface area contributed by atoms with E-state index in [0.29, 0.717) is 6.29 Å². The number of aldehydes is 1. The Balaban J connectivity index is 2.87. The van der Waals surface area contributed by atoms with Crippen LogP contribution in [0.3, 0.4) is 0 Å². The zero-order valence-electron chi connectivity index (χ0n) is 7.04. The maximum Gasteiger partial charge on any atom is 0.272 e. The molecule has 0 aliphatic rings. The van der Waals surface area contributed by atoms with Gasteiger partial charge in [-0.25, -0.2) is 13.2 Å². The fraction of sp³-hybridized carbons (Fsp3) is 0.222. The fourth-order valence-electron chi connectivity index (χ4n) is 0.917. The van der Waals surface area contributed by atoms with Gasteiger partial charge in [0.05, 0.1) is 5.56 Å². The number of alkyl halides is 2. The minimum Gasteiger partial charge on any atom is -0.484 e. The molecule has 5 heteroatoms. The summed E-state index contributed by atoms with van der Waals surface area (Å²) in [4.78, 5) is 10.4. The third-order valence-electron chi connectivity index (χ3n) is 1.48. The Hall–Kier alpha value is -1.52. The fourth-order valence-corrected chi connectivity index (χ4v) is 0.917. The van der Waals surface area contributed by atoms with E-state index in [9.17, 15) is 18.0 Å². The molecule has 0 saturated heterocycles. The van der Waals surface area contributed by atoms with E-state index in [1.807, 2.05) is 0 Å². The highest BCUT2D eigenvalue weighted by molar-refractivity contribution is 5.79. The number of benzene rings is 1. The first-order valence-electron chi connectivity index (χ1n) is 3.79. The molecule has 14 heavy (non-hydrogen) atoms. The summed E-state index contributed by atoms with van der Waals surface area (Å²) < 4.78 is 40.9. The third kappa shape index (κ3) is 2.48. The zero-order chi connectivity index (χ0) is 10.6. The SMILES string of the molecule is O=Cc1cccc(F)c1OCC(F)F. The Kier molecular flexibility index (Phi) is 3.50. The second kappa shape index (κ2) is 4.64. The molecule has 1 aromatic rings. The lowest BCUT2D eigenvalue weighted by molar-refractivity contribution is 0.0789.